The van der Waals surface area contributed by atoms with Gasteiger partial charge in [-0.3, -0.25) is 24.1 Å². The van der Waals surface area contributed by atoms with Crippen LogP contribution in [0.25, 0.3) is 22.9 Å². The van der Waals surface area contributed by atoms with E-state index in [9.17, 15) is 28.7 Å². The van der Waals surface area contributed by atoms with Crippen molar-refractivity contribution in [1.82, 2.24) is 0 Å². The second kappa shape index (κ2) is 14.0. The fourth-order valence-electron chi connectivity index (χ4n) is 9.88. The minimum absolute atomic E-state index is 0.0234. The van der Waals surface area contributed by atoms with Crippen LogP contribution in [-0.2, 0) is 19.2 Å². The third kappa shape index (κ3) is 5.56. The third-order valence-corrected chi connectivity index (χ3v) is 13.0. The monoisotopic (exact) mass is 796 g/mol. The summed E-state index contributed by atoms with van der Waals surface area (Å²) in [6.45, 7) is 1.74. The van der Waals surface area contributed by atoms with Crippen LogP contribution in [0.3, 0.4) is 0 Å². The molecule has 0 bridgehead atoms. The van der Waals surface area contributed by atoms with Crippen LogP contribution in [0.5, 0.6) is 17.2 Å². The number of halogens is 2. The number of carbonyl (C=O) groups is 4. The Morgan fingerprint density at radius 2 is 1.57 bits per heavy atom. The number of phenolic OH excluding ortho intramolecular Hbond substituents is 1. The van der Waals surface area contributed by atoms with E-state index in [0.29, 0.717) is 28.1 Å². The van der Waals surface area contributed by atoms with E-state index >= 15 is 0 Å². The van der Waals surface area contributed by atoms with E-state index < -0.39 is 52.6 Å². The second-order valence-corrected chi connectivity index (χ2v) is 15.9. The number of benzene rings is 5. The summed E-state index contributed by atoms with van der Waals surface area (Å²) in [6.07, 6.45) is 6.10. The Bertz CT molecular complexity index is 2640. The molecule has 0 radical (unpaired) electrons. The topological polar surface area (TPSA) is 113 Å². The van der Waals surface area contributed by atoms with E-state index in [1.165, 1.54) is 17.0 Å². The highest BCUT2D eigenvalue weighted by Crippen LogP contribution is 2.65. The first-order valence-corrected chi connectivity index (χ1v) is 19.5. The zero-order valence-corrected chi connectivity index (χ0v) is 32.6. The number of hydrogen-bond acceptors (Lipinski definition) is 7. The molecule has 58 heavy (non-hydrogen) atoms. The number of aromatic hydroxyl groups is 1. The lowest BCUT2D eigenvalue weighted by Gasteiger charge is -2.49. The van der Waals surface area contributed by atoms with Crippen molar-refractivity contribution in [3.63, 3.8) is 0 Å². The van der Waals surface area contributed by atoms with Crippen LogP contribution < -0.4 is 19.3 Å². The molecule has 0 aromatic heterocycles. The van der Waals surface area contributed by atoms with Gasteiger partial charge in [0.2, 0.25) is 23.6 Å². The number of carbonyl (C=O) groups excluding carboxylic acids is 4. The summed E-state index contributed by atoms with van der Waals surface area (Å²) < 4.78 is 25.2. The van der Waals surface area contributed by atoms with Gasteiger partial charge in [0, 0.05) is 22.4 Å². The maximum absolute atomic E-state index is 14.8. The Hall–Kier alpha value is -6.26. The second-order valence-electron chi connectivity index (χ2n) is 15.5. The maximum atomic E-state index is 14.8. The van der Waals surface area contributed by atoms with E-state index in [1.807, 2.05) is 72.8 Å². The Labute approximate surface area is 338 Å². The summed E-state index contributed by atoms with van der Waals surface area (Å²) in [6, 6.07) is 27.3. The molecule has 1 saturated carbocycles. The van der Waals surface area contributed by atoms with Crippen LogP contribution >= 0.6 is 11.6 Å². The van der Waals surface area contributed by atoms with Crippen LogP contribution in [0.2, 0.25) is 5.02 Å². The highest BCUT2D eigenvalue weighted by molar-refractivity contribution is 6.32. The van der Waals surface area contributed by atoms with Crippen molar-refractivity contribution >= 4 is 69.5 Å². The number of ether oxygens (including phenoxy) is 2. The molecule has 2 aliphatic heterocycles. The summed E-state index contributed by atoms with van der Waals surface area (Å²) in [4.78, 5) is 60.6. The zero-order chi connectivity index (χ0) is 40.6. The lowest BCUT2D eigenvalue weighted by atomic mass is 9.51. The largest absolute Gasteiger partial charge is 0.507 e. The molecule has 9 nitrogen and oxygen atoms in total. The Balaban J connectivity index is 1.09. The van der Waals surface area contributed by atoms with Crippen LogP contribution in [0, 0.1) is 34.9 Å². The Morgan fingerprint density at radius 1 is 0.810 bits per heavy atom. The molecule has 11 heteroatoms. The first-order chi connectivity index (χ1) is 28.0. The molecule has 5 aromatic carbocycles. The number of imide groups is 2. The standard InChI is InChI=1S/C47H38ClFN2O7/c1-47-36(44(54)51(46(47)56)29-15-20-38(49)37(48)23-29)24-35-32(41(47)34-17-12-26-6-4-5-7-31(26)42(34)52)18-19-33-40(35)45(55)50(43(33)53)28-13-9-25(10-14-28)8-11-27-22-30(57-2)16-21-39(27)58-3/h4-18,20-23,33,35-36,40-41,52H,19,24H2,1-3H3. The summed E-state index contributed by atoms with van der Waals surface area (Å²) in [7, 11) is 3.19. The van der Waals surface area contributed by atoms with Crippen LogP contribution in [0.15, 0.2) is 109 Å². The molecule has 1 N–H and O–H groups in total. The van der Waals surface area contributed by atoms with E-state index in [4.69, 9.17) is 21.1 Å². The van der Waals surface area contributed by atoms with Crippen LogP contribution in [-0.4, -0.2) is 43.0 Å². The van der Waals surface area contributed by atoms with Gasteiger partial charge < -0.3 is 14.6 Å². The SMILES string of the molecule is COc1ccc(OC)c(C=Cc2ccc(N3C(=O)C4CC=C5C(CC6C(=O)N(c7ccc(F)c(Cl)c7)C(=O)C6(C)C5c5ccc6ccccc6c5O)C4C3=O)cc2)c1. The first kappa shape index (κ1) is 37.3. The molecule has 6 atom stereocenters. The van der Waals surface area contributed by atoms with Gasteiger partial charge in [-0.05, 0) is 85.2 Å². The molecule has 4 amide bonds. The summed E-state index contributed by atoms with van der Waals surface area (Å²) in [5, 5.41) is 13.1. The highest BCUT2D eigenvalue weighted by Gasteiger charge is 2.68. The molecule has 2 heterocycles. The lowest BCUT2D eigenvalue weighted by Crippen LogP contribution is -2.48. The average Bonchev–Trinajstić information content (AvgIpc) is 3.60. The van der Waals surface area contributed by atoms with Gasteiger partial charge in [-0.1, -0.05) is 83.9 Å². The fraction of sp³-hybridized carbons (Fsp3) is 0.234. The van der Waals surface area contributed by atoms with Gasteiger partial charge in [-0.25, -0.2) is 9.29 Å². The van der Waals surface area contributed by atoms with Gasteiger partial charge in [0.15, 0.2) is 0 Å². The average molecular weight is 797 g/mol. The van der Waals surface area contributed by atoms with E-state index in [0.717, 1.165) is 33.1 Å². The van der Waals surface area contributed by atoms with Gasteiger partial charge in [0.25, 0.3) is 0 Å². The van der Waals surface area contributed by atoms with Crippen molar-refractivity contribution in [3.8, 4) is 17.2 Å². The first-order valence-electron chi connectivity index (χ1n) is 19.1. The molecular formula is C47H38ClFN2O7. The van der Waals surface area contributed by atoms with Gasteiger partial charge >= 0.3 is 0 Å². The molecule has 3 fully saturated rings. The van der Waals surface area contributed by atoms with Crippen molar-refractivity contribution in [2.24, 2.45) is 29.1 Å². The number of amides is 4. The third-order valence-electron chi connectivity index (χ3n) is 12.7. The van der Waals surface area contributed by atoms with Crippen molar-refractivity contribution in [3.05, 3.63) is 136 Å². The molecule has 2 saturated heterocycles. The molecule has 4 aliphatic rings. The van der Waals surface area contributed by atoms with Gasteiger partial charge in [0.1, 0.15) is 23.1 Å². The number of phenols is 1. The van der Waals surface area contributed by atoms with Gasteiger partial charge in [-0.15, -0.1) is 0 Å². The maximum Gasteiger partial charge on any atom is 0.241 e. The summed E-state index contributed by atoms with van der Waals surface area (Å²) >= 11 is 6.15. The molecule has 0 spiro atoms. The van der Waals surface area contributed by atoms with E-state index in [-0.39, 0.29) is 41.1 Å². The Morgan fingerprint density at radius 3 is 2.31 bits per heavy atom. The molecule has 5 aromatic rings. The minimum atomic E-state index is -1.41. The number of nitrogens with zero attached hydrogens (tertiary/aromatic N) is 2. The quantitative estimate of drug-likeness (QED) is 0.0994. The van der Waals surface area contributed by atoms with Crippen LogP contribution in [0.1, 0.15) is 42.4 Å². The summed E-state index contributed by atoms with van der Waals surface area (Å²) in [5.74, 6) is -4.94. The number of allylic oxidation sites excluding steroid dienone is 2. The fourth-order valence-corrected chi connectivity index (χ4v) is 10.1. The smallest absolute Gasteiger partial charge is 0.241 e. The van der Waals surface area contributed by atoms with E-state index in [2.05, 4.69) is 0 Å². The summed E-state index contributed by atoms with van der Waals surface area (Å²) in [5.41, 5.74) is 1.98. The number of hydrogen-bond donors (Lipinski definition) is 1. The highest BCUT2D eigenvalue weighted by atomic mass is 35.5. The normalized spacial score (nSPS) is 25.3. The number of methoxy groups -OCH3 is 2. The van der Waals surface area contributed by atoms with Crippen molar-refractivity contribution in [1.29, 1.82) is 0 Å². The number of rotatable bonds is 7. The van der Waals surface area contributed by atoms with Crippen molar-refractivity contribution in [2.75, 3.05) is 24.0 Å². The minimum Gasteiger partial charge on any atom is -0.507 e. The number of anilines is 2. The van der Waals surface area contributed by atoms with Crippen LogP contribution in [0.4, 0.5) is 15.8 Å². The zero-order valence-electron chi connectivity index (χ0n) is 31.8. The van der Waals surface area contributed by atoms with Crippen molar-refractivity contribution in [2.45, 2.75) is 25.7 Å². The van der Waals surface area contributed by atoms with Gasteiger partial charge in [-0.2, -0.15) is 0 Å². The van der Waals surface area contributed by atoms with E-state index in [1.54, 1.807) is 45.4 Å². The molecule has 2 aliphatic carbocycles. The van der Waals surface area contributed by atoms with Gasteiger partial charge in [0.05, 0.1) is 53.8 Å². The molecule has 6 unspecified atom stereocenters. The molecular weight excluding hydrogens is 759 g/mol. The lowest BCUT2D eigenvalue weighted by molar-refractivity contribution is -0.131. The van der Waals surface area contributed by atoms with Crippen molar-refractivity contribution < 1.29 is 38.1 Å². The molecule has 292 valence electrons. The predicted octanol–water partition coefficient (Wildman–Crippen LogP) is 8.96. The number of fused-ring (bicyclic) bond motifs is 5. The predicted molar refractivity (Wildman–Crippen MR) is 219 cm³/mol. The Kier molecular flexibility index (Phi) is 9.00. The molecule has 9 rings (SSSR count).